The van der Waals surface area contributed by atoms with Crippen LogP contribution in [0.2, 0.25) is 0 Å². The summed E-state index contributed by atoms with van der Waals surface area (Å²) in [5.74, 6) is 1.57. The number of halogens is 1. The molecule has 2 N–H and O–H groups in total. The second-order valence-corrected chi connectivity index (χ2v) is 5.24. The van der Waals surface area contributed by atoms with Gasteiger partial charge in [0.15, 0.2) is 5.96 Å². The van der Waals surface area contributed by atoms with Gasteiger partial charge >= 0.3 is 0 Å². The van der Waals surface area contributed by atoms with Crippen LogP contribution in [0, 0.1) is 5.92 Å². The number of rotatable bonds is 8. The molecule has 5 heteroatoms. The first-order valence-electron chi connectivity index (χ1n) is 7.74. The van der Waals surface area contributed by atoms with Crippen molar-refractivity contribution in [3.05, 3.63) is 35.4 Å². The first-order valence-corrected chi connectivity index (χ1v) is 7.74. The van der Waals surface area contributed by atoms with Crippen molar-refractivity contribution in [3.8, 4) is 0 Å². The quantitative estimate of drug-likeness (QED) is 0.385. The lowest BCUT2D eigenvalue weighted by atomic mass is 10.0. The van der Waals surface area contributed by atoms with Crippen molar-refractivity contribution in [3.63, 3.8) is 0 Å². The second kappa shape index (κ2) is 12.7. The van der Waals surface area contributed by atoms with E-state index < -0.39 is 0 Å². The zero-order chi connectivity index (χ0) is 15.5. The molecule has 126 valence electrons. The highest BCUT2D eigenvalue weighted by Crippen LogP contribution is 2.06. The van der Waals surface area contributed by atoms with Crippen LogP contribution in [-0.4, -0.2) is 26.7 Å². The van der Waals surface area contributed by atoms with Gasteiger partial charge in [-0.2, -0.15) is 0 Å². The van der Waals surface area contributed by atoms with Crippen LogP contribution in [-0.2, 0) is 17.9 Å². The van der Waals surface area contributed by atoms with Gasteiger partial charge in [0.2, 0.25) is 0 Å². The Hall–Kier alpha value is -0.820. The van der Waals surface area contributed by atoms with Gasteiger partial charge in [-0.15, -0.1) is 24.0 Å². The highest BCUT2D eigenvalue weighted by Gasteiger charge is 2.04. The normalized spacial score (nSPS) is 11.2. The van der Waals surface area contributed by atoms with Crippen LogP contribution in [0.1, 0.15) is 37.8 Å². The fraction of sp³-hybridized carbons (Fsp3) is 0.588. The molecule has 0 fully saturated rings. The largest absolute Gasteiger partial charge is 0.380 e. The zero-order valence-electron chi connectivity index (χ0n) is 14.2. The van der Waals surface area contributed by atoms with Crippen LogP contribution in [0.5, 0.6) is 0 Å². The lowest BCUT2D eigenvalue weighted by Gasteiger charge is -2.16. The number of methoxy groups -OCH3 is 1. The van der Waals surface area contributed by atoms with E-state index in [2.05, 4.69) is 53.7 Å². The lowest BCUT2D eigenvalue weighted by molar-refractivity contribution is 0.185. The number of guanidine groups is 1. The van der Waals surface area contributed by atoms with E-state index in [9.17, 15) is 0 Å². The van der Waals surface area contributed by atoms with Crippen LogP contribution in [0.3, 0.4) is 0 Å². The Morgan fingerprint density at radius 1 is 1.09 bits per heavy atom. The molecule has 0 amide bonds. The van der Waals surface area contributed by atoms with Gasteiger partial charge in [-0.25, -0.2) is 0 Å². The molecular weight excluding hydrogens is 389 g/mol. The van der Waals surface area contributed by atoms with Crippen molar-refractivity contribution < 1.29 is 4.74 Å². The molecule has 1 rings (SSSR count). The second-order valence-electron chi connectivity index (χ2n) is 5.24. The Bertz CT molecular complexity index is 416. The third-order valence-corrected chi connectivity index (χ3v) is 3.73. The minimum Gasteiger partial charge on any atom is -0.380 e. The van der Waals surface area contributed by atoms with E-state index in [0.29, 0.717) is 12.5 Å². The first-order chi connectivity index (χ1) is 10.2. The Morgan fingerprint density at radius 2 is 1.68 bits per heavy atom. The molecule has 0 radical (unpaired) electrons. The van der Waals surface area contributed by atoms with Crippen LogP contribution < -0.4 is 10.6 Å². The van der Waals surface area contributed by atoms with Gasteiger partial charge in [-0.05, 0) is 17.0 Å². The SMILES string of the molecule is CCC(CC)CNC(=NC)NCc1ccc(COC)cc1.I. The van der Waals surface area contributed by atoms with Gasteiger partial charge in [-0.1, -0.05) is 51.0 Å². The zero-order valence-corrected chi connectivity index (χ0v) is 16.5. The molecule has 0 aliphatic carbocycles. The molecule has 1 aromatic carbocycles. The topological polar surface area (TPSA) is 45.7 Å². The molecule has 0 heterocycles. The van der Waals surface area contributed by atoms with Gasteiger partial charge in [0.1, 0.15) is 0 Å². The van der Waals surface area contributed by atoms with E-state index in [4.69, 9.17) is 4.74 Å². The van der Waals surface area contributed by atoms with Crippen molar-refractivity contribution in [2.45, 2.75) is 39.8 Å². The summed E-state index contributed by atoms with van der Waals surface area (Å²) in [6, 6.07) is 8.44. The van der Waals surface area contributed by atoms with Crippen molar-refractivity contribution in [2.24, 2.45) is 10.9 Å². The summed E-state index contributed by atoms with van der Waals surface area (Å²) >= 11 is 0. The Labute approximate surface area is 152 Å². The number of hydrogen-bond acceptors (Lipinski definition) is 2. The van der Waals surface area contributed by atoms with Crippen LogP contribution in [0.25, 0.3) is 0 Å². The van der Waals surface area contributed by atoms with E-state index in [0.717, 1.165) is 19.0 Å². The van der Waals surface area contributed by atoms with E-state index >= 15 is 0 Å². The molecule has 0 saturated carbocycles. The van der Waals surface area contributed by atoms with E-state index in [1.807, 2.05) is 7.05 Å². The molecule has 1 aromatic rings. The van der Waals surface area contributed by atoms with E-state index in [-0.39, 0.29) is 24.0 Å². The summed E-state index contributed by atoms with van der Waals surface area (Å²) in [5, 5.41) is 6.74. The fourth-order valence-electron chi connectivity index (χ4n) is 2.14. The first kappa shape index (κ1) is 21.2. The number of benzene rings is 1. The number of ether oxygens (including phenoxy) is 1. The summed E-state index contributed by atoms with van der Waals surface area (Å²) < 4.78 is 5.11. The fourth-order valence-corrected chi connectivity index (χ4v) is 2.14. The maximum Gasteiger partial charge on any atom is 0.191 e. The average molecular weight is 419 g/mol. The minimum absolute atomic E-state index is 0. The Kier molecular flexibility index (Phi) is 12.2. The van der Waals surface area contributed by atoms with Crippen LogP contribution in [0.4, 0.5) is 0 Å². The molecule has 0 aliphatic heterocycles. The summed E-state index contributed by atoms with van der Waals surface area (Å²) in [6.45, 7) is 6.86. The van der Waals surface area contributed by atoms with E-state index in [1.165, 1.54) is 24.0 Å². The Balaban J connectivity index is 0.00000441. The van der Waals surface area contributed by atoms with Crippen molar-refractivity contribution in [1.29, 1.82) is 0 Å². The molecule has 4 nitrogen and oxygen atoms in total. The highest BCUT2D eigenvalue weighted by molar-refractivity contribution is 14.0. The monoisotopic (exact) mass is 419 g/mol. The molecule has 0 bridgehead atoms. The number of nitrogens with one attached hydrogen (secondary N) is 2. The molecule has 0 aromatic heterocycles. The summed E-state index contributed by atoms with van der Waals surface area (Å²) in [5.41, 5.74) is 2.43. The molecule has 0 atom stereocenters. The van der Waals surface area contributed by atoms with Gasteiger partial charge < -0.3 is 15.4 Å². The third kappa shape index (κ3) is 7.98. The van der Waals surface area contributed by atoms with Crippen molar-refractivity contribution >= 4 is 29.9 Å². The molecule has 0 spiro atoms. The number of hydrogen-bond donors (Lipinski definition) is 2. The highest BCUT2D eigenvalue weighted by atomic mass is 127. The third-order valence-electron chi connectivity index (χ3n) is 3.73. The summed E-state index contributed by atoms with van der Waals surface area (Å²) in [4.78, 5) is 4.27. The van der Waals surface area contributed by atoms with Gasteiger partial charge in [0.25, 0.3) is 0 Å². The Morgan fingerprint density at radius 3 is 2.18 bits per heavy atom. The van der Waals surface area contributed by atoms with Gasteiger partial charge in [0.05, 0.1) is 6.61 Å². The van der Waals surface area contributed by atoms with Crippen molar-refractivity contribution in [2.75, 3.05) is 20.7 Å². The summed E-state index contributed by atoms with van der Waals surface area (Å²) in [7, 11) is 3.52. The maximum atomic E-state index is 5.11. The summed E-state index contributed by atoms with van der Waals surface area (Å²) in [6.07, 6.45) is 2.39. The van der Waals surface area contributed by atoms with Crippen molar-refractivity contribution in [1.82, 2.24) is 10.6 Å². The number of aliphatic imine (C=N–C) groups is 1. The molecular formula is C17H30IN3O. The standard InChI is InChI=1S/C17H29N3O.HI/c1-5-14(6-2)11-19-17(18-3)20-12-15-7-9-16(10-8-15)13-21-4;/h7-10,14H,5-6,11-13H2,1-4H3,(H2,18,19,20);1H. The van der Waals surface area contributed by atoms with E-state index in [1.54, 1.807) is 7.11 Å². The van der Waals surface area contributed by atoms with Gasteiger partial charge in [0, 0.05) is 27.2 Å². The molecule has 0 saturated heterocycles. The molecule has 0 unspecified atom stereocenters. The van der Waals surface area contributed by atoms with Gasteiger partial charge in [-0.3, -0.25) is 4.99 Å². The average Bonchev–Trinajstić information content (AvgIpc) is 2.53. The smallest absolute Gasteiger partial charge is 0.191 e. The lowest BCUT2D eigenvalue weighted by Crippen LogP contribution is -2.39. The maximum absolute atomic E-state index is 5.11. The predicted molar refractivity (Wildman–Crippen MR) is 105 cm³/mol. The molecule has 22 heavy (non-hydrogen) atoms. The molecule has 0 aliphatic rings. The minimum atomic E-state index is 0. The van der Waals surface area contributed by atoms with Crippen LogP contribution >= 0.6 is 24.0 Å². The number of nitrogens with zero attached hydrogens (tertiary/aromatic N) is 1. The predicted octanol–water partition coefficient (Wildman–Crippen LogP) is 3.55. The van der Waals surface area contributed by atoms with Crippen LogP contribution in [0.15, 0.2) is 29.3 Å².